The van der Waals surface area contributed by atoms with Crippen molar-refractivity contribution >= 4 is 23.6 Å². The first-order valence-corrected chi connectivity index (χ1v) is 10.5. The standard InChI is InChI=1S/C19H31N3O4S/c1-9-14-13(10(2)23)17(24)22(14)15(18(25)26)16(9)27-12-6-11(21-8-12)7-19(3,4)20-5/h9-14,20-21,23H,6-8H2,1-5H3,(H,25,26)/t9-,10-,11+,12+,13-,14-/m1/s1. The summed E-state index contributed by atoms with van der Waals surface area (Å²) in [4.78, 5) is 26.5. The van der Waals surface area contributed by atoms with Gasteiger partial charge in [0.25, 0.3) is 0 Å². The zero-order valence-electron chi connectivity index (χ0n) is 16.7. The minimum atomic E-state index is -1.05. The Balaban J connectivity index is 1.73. The molecule has 152 valence electrons. The first-order chi connectivity index (χ1) is 12.6. The number of amides is 1. The highest BCUT2D eigenvalue weighted by atomic mass is 32.2. The highest BCUT2D eigenvalue weighted by molar-refractivity contribution is 8.03. The third kappa shape index (κ3) is 3.64. The normalized spacial score (nSPS) is 34.7. The molecule has 1 amide bonds. The molecule has 3 aliphatic rings. The number of aliphatic hydroxyl groups is 1. The summed E-state index contributed by atoms with van der Waals surface area (Å²) >= 11 is 1.60. The van der Waals surface area contributed by atoms with Crippen LogP contribution in [0.3, 0.4) is 0 Å². The highest BCUT2D eigenvalue weighted by Gasteiger charge is 2.60. The molecule has 2 fully saturated rings. The van der Waals surface area contributed by atoms with Crippen LogP contribution in [-0.2, 0) is 9.59 Å². The molecule has 27 heavy (non-hydrogen) atoms. The van der Waals surface area contributed by atoms with Crippen LogP contribution in [0.5, 0.6) is 0 Å². The Labute approximate surface area is 164 Å². The number of β-lactam (4-membered cyclic amide) rings is 1. The van der Waals surface area contributed by atoms with Crippen LogP contribution in [0.25, 0.3) is 0 Å². The number of nitrogens with one attached hydrogen (secondary N) is 2. The molecule has 0 saturated carbocycles. The average molecular weight is 398 g/mol. The van der Waals surface area contributed by atoms with Gasteiger partial charge in [-0.15, -0.1) is 11.8 Å². The smallest absolute Gasteiger partial charge is 0.353 e. The molecule has 0 spiro atoms. The second-order valence-corrected chi connectivity index (χ2v) is 10.0. The van der Waals surface area contributed by atoms with E-state index in [1.807, 2.05) is 14.0 Å². The first kappa shape index (κ1) is 20.6. The third-order valence-corrected chi connectivity index (χ3v) is 7.73. The van der Waals surface area contributed by atoms with Crippen LogP contribution in [-0.4, -0.2) is 69.6 Å². The van der Waals surface area contributed by atoms with Gasteiger partial charge in [-0.1, -0.05) is 6.92 Å². The van der Waals surface area contributed by atoms with E-state index >= 15 is 0 Å². The molecule has 6 atom stereocenters. The molecule has 4 N–H and O–H groups in total. The van der Waals surface area contributed by atoms with Crippen LogP contribution in [0, 0.1) is 11.8 Å². The summed E-state index contributed by atoms with van der Waals surface area (Å²) in [6.07, 6.45) is 1.21. The number of rotatable bonds is 7. The van der Waals surface area contributed by atoms with Gasteiger partial charge in [0, 0.05) is 34.2 Å². The van der Waals surface area contributed by atoms with Gasteiger partial charge in [0.2, 0.25) is 5.91 Å². The van der Waals surface area contributed by atoms with Crippen LogP contribution < -0.4 is 10.6 Å². The van der Waals surface area contributed by atoms with E-state index in [2.05, 4.69) is 24.5 Å². The molecule has 0 aromatic heterocycles. The second-order valence-electron chi connectivity index (χ2n) is 8.69. The third-order valence-electron chi connectivity index (χ3n) is 6.22. The predicted molar refractivity (Wildman–Crippen MR) is 105 cm³/mol. The lowest BCUT2D eigenvalue weighted by atomic mass is 9.79. The largest absolute Gasteiger partial charge is 0.477 e. The number of aliphatic carboxylic acids is 1. The van der Waals surface area contributed by atoms with E-state index in [0.717, 1.165) is 24.3 Å². The summed E-state index contributed by atoms with van der Waals surface area (Å²) < 4.78 is 0. The molecule has 0 aromatic rings. The van der Waals surface area contributed by atoms with Crippen molar-refractivity contribution in [3.63, 3.8) is 0 Å². The van der Waals surface area contributed by atoms with E-state index in [0.29, 0.717) is 6.04 Å². The SMILES string of the molecule is CNC(C)(C)C[C@@H]1C[C@H](SC2=C(C(=O)O)N3C(=O)[C@H]([C@@H](C)O)[C@H]3[C@H]2C)CN1. The second kappa shape index (κ2) is 7.39. The van der Waals surface area contributed by atoms with Gasteiger partial charge in [0.1, 0.15) is 5.70 Å². The molecule has 0 bridgehead atoms. The number of hydrogen-bond donors (Lipinski definition) is 4. The molecular weight excluding hydrogens is 366 g/mol. The fraction of sp³-hybridized carbons (Fsp3) is 0.789. The lowest BCUT2D eigenvalue weighted by molar-refractivity contribution is -0.163. The van der Waals surface area contributed by atoms with Gasteiger partial charge in [-0.3, -0.25) is 4.79 Å². The van der Waals surface area contributed by atoms with Gasteiger partial charge >= 0.3 is 5.97 Å². The lowest BCUT2D eigenvalue weighted by Gasteiger charge is -2.46. The monoisotopic (exact) mass is 397 g/mol. The van der Waals surface area contributed by atoms with Crippen molar-refractivity contribution in [3.8, 4) is 0 Å². The van der Waals surface area contributed by atoms with E-state index in [4.69, 9.17) is 0 Å². The number of carbonyl (C=O) groups excluding carboxylic acids is 1. The van der Waals surface area contributed by atoms with Crippen molar-refractivity contribution in [2.75, 3.05) is 13.6 Å². The van der Waals surface area contributed by atoms with Crippen molar-refractivity contribution in [2.45, 2.75) is 69.5 Å². The van der Waals surface area contributed by atoms with Gasteiger partial charge in [0.15, 0.2) is 0 Å². The summed E-state index contributed by atoms with van der Waals surface area (Å²) in [6.45, 7) is 8.75. The maximum Gasteiger partial charge on any atom is 0.353 e. The molecule has 3 heterocycles. The number of nitrogens with zero attached hydrogens (tertiary/aromatic N) is 1. The number of carboxylic acids is 1. The summed E-state index contributed by atoms with van der Waals surface area (Å²) in [7, 11) is 1.96. The summed E-state index contributed by atoms with van der Waals surface area (Å²) in [5, 5.41) is 26.8. The minimum Gasteiger partial charge on any atom is -0.477 e. The fourth-order valence-electron chi connectivity index (χ4n) is 4.60. The Hall–Kier alpha value is -1.09. The maximum absolute atomic E-state index is 12.4. The Morgan fingerprint density at radius 3 is 2.70 bits per heavy atom. The van der Waals surface area contributed by atoms with E-state index in [1.54, 1.807) is 18.7 Å². The molecular formula is C19H31N3O4S. The van der Waals surface area contributed by atoms with Gasteiger partial charge in [0.05, 0.1) is 18.1 Å². The van der Waals surface area contributed by atoms with Crippen molar-refractivity contribution in [1.82, 2.24) is 15.5 Å². The van der Waals surface area contributed by atoms with Crippen molar-refractivity contribution in [1.29, 1.82) is 0 Å². The first-order valence-electron chi connectivity index (χ1n) is 9.65. The zero-order chi connectivity index (χ0) is 20.1. The molecule has 3 aliphatic heterocycles. The van der Waals surface area contributed by atoms with Crippen molar-refractivity contribution < 1.29 is 19.8 Å². The van der Waals surface area contributed by atoms with Gasteiger partial charge in [-0.25, -0.2) is 4.79 Å². The summed E-state index contributed by atoms with van der Waals surface area (Å²) in [5.41, 5.74) is 0.170. The molecule has 0 aliphatic carbocycles. The predicted octanol–water partition coefficient (Wildman–Crippen LogP) is 0.992. The van der Waals surface area contributed by atoms with Crippen LogP contribution >= 0.6 is 11.8 Å². The zero-order valence-corrected chi connectivity index (χ0v) is 17.5. The van der Waals surface area contributed by atoms with E-state index in [-0.39, 0.29) is 34.4 Å². The van der Waals surface area contributed by atoms with Crippen LogP contribution in [0.2, 0.25) is 0 Å². The molecule has 8 heteroatoms. The van der Waals surface area contributed by atoms with Crippen LogP contribution in [0.4, 0.5) is 0 Å². The summed E-state index contributed by atoms with van der Waals surface area (Å²) in [6, 6.07) is 0.152. The molecule has 3 rings (SSSR count). The number of carboxylic acid groups (broad SMARTS) is 1. The number of aliphatic hydroxyl groups excluding tert-OH is 1. The molecule has 7 nitrogen and oxygen atoms in total. The summed E-state index contributed by atoms with van der Waals surface area (Å²) in [5.74, 6) is -1.89. The Bertz CT molecular complexity index is 663. The minimum absolute atomic E-state index is 0.0467. The Morgan fingerprint density at radius 2 is 2.15 bits per heavy atom. The number of thioether (sulfide) groups is 1. The highest BCUT2D eigenvalue weighted by Crippen LogP contribution is 2.51. The van der Waals surface area contributed by atoms with Crippen LogP contribution in [0.15, 0.2) is 10.6 Å². The fourth-order valence-corrected chi connectivity index (χ4v) is 6.12. The molecule has 2 saturated heterocycles. The number of carbonyl (C=O) groups is 2. The molecule has 0 radical (unpaired) electrons. The lowest BCUT2D eigenvalue weighted by Crippen LogP contribution is -2.63. The van der Waals surface area contributed by atoms with Gasteiger partial charge < -0.3 is 25.7 Å². The topological polar surface area (TPSA) is 102 Å². The van der Waals surface area contributed by atoms with E-state index in [1.165, 1.54) is 4.90 Å². The van der Waals surface area contributed by atoms with E-state index < -0.39 is 18.0 Å². The molecule has 0 aromatic carbocycles. The maximum atomic E-state index is 12.4. The Kier molecular flexibility index (Phi) is 5.65. The van der Waals surface area contributed by atoms with Crippen LogP contribution in [0.1, 0.15) is 40.5 Å². The van der Waals surface area contributed by atoms with E-state index in [9.17, 15) is 19.8 Å². The van der Waals surface area contributed by atoms with Crippen molar-refractivity contribution in [3.05, 3.63) is 10.6 Å². The van der Waals surface area contributed by atoms with Crippen molar-refractivity contribution in [2.24, 2.45) is 11.8 Å². The van der Waals surface area contributed by atoms with Gasteiger partial charge in [-0.2, -0.15) is 0 Å². The number of hydrogen-bond acceptors (Lipinski definition) is 6. The Morgan fingerprint density at radius 1 is 1.48 bits per heavy atom. The average Bonchev–Trinajstić information content (AvgIpc) is 3.09. The molecule has 0 unspecified atom stereocenters. The quantitative estimate of drug-likeness (QED) is 0.475. The van der Waals surface area contributed by atoms with Gasteiger partial charge in [-0.05, 0) is 40.7 Å². The number of fused-ring (bicyclic) bond motifs is 1.